The molecular weight excluding hydrogens is 488 g/mol. The van der Waals surface area contributed by atoms with Crippen molar-refractivity contribution in [3.63, 3.8) is 0 Å². The van der Waals surface area contributed by atoms with Gasteiger partial charge in [0.05, 0.1) is 42.5 Å². The molecule has 34 heavy (non-hydrogen) atoms. The molecule has 0 aromatic heterocycles. The summed E-state index contributed by atoms with van der Waals surface area (Å²) in [4.78, 5) is 27.6. The van der Waals surface area contributed by atoms with Gasteiger partial charge in [0, 0.05) is 13.2 Å². The molecule has 10 heteroatoms. The smallest absolute Gasteiger partial charge is 0.295 e. The van der Waals surface area contributed by atoms with E-state index < -0.39 is 29.3 Å². The molecule has 2 aromatic rings. The van der Waals surface area contributed by atoms with E-state index >= 15 is 0 Å². The first-order chi connectivity index (χ1) is 16.3. The number of carbonyl (C=O) groups is 2. The highest BCUT2D eigenvalue weighted by atomic mass is 35.5. The summed E-state index contributed by atoms with van der Waals surface area (Å²) in [5, 5.41) is 11.4. The molecule has 0 spiro atoms. The lowest BCUT2D eigenvalue weighted by Crippen LogP contribution is -2.36. The van der Waals surface area contributed by atoms with Crippen LogP contribution in [0.5, 0.6) is 11.5 Å². The number of aliphatic hydroxyl groups is 1. The maximum atomic E-state index is 13.6. The molecule has 2 saturated heterocycles. The largest absolute Gasteiger partial charge is 0.507 e. The Morgan fingerprint density at radius 1 is 1.18 bits per heavy atom. The van der Waals surface area contributed by atoms with Crippen molar-refractivity contribution in [2.24, 2.45) is 0 Å². The molecule has 2 unspecified atom stereocenters. The summed E-state index contributed by atoms with van der Waals surface area (Å²) in [5.74, 6) is -2.54. The first-order valence-corrected chi connectivity index (χ1v) is 11.3. The molecule has 180 valence electrons. The van der Waals surface area contributed by atoms with Crippen LogP contribution in [0.25, 0.3) is 5.76 Å². The highest BCUT2D eigenvalue weighted by molar-refractivity contribution is 6.47. The van der Waals surface area contributed by atoms with E-state index in [1.807, 2.05) is 0 Å². The van der Waals surface area contributed by atoms with Crippen molar-refractivity contribution in [3.05, 3.63) is 62.9 Å². The fourth-order valence-corrected chi connectivity index (χ4v) is 5.05. The van der Waals surface area contributed by atoms with Crippen LogP contribution in [-0.4, -0.2) is 55.2 Å². The summed E-state index contributed by atoms with van der Waals surface area (Å²) in [5.41, 5.74) is 0.274. The van der Waals surface area contributed by atoms with E-state index in [0.717, 1.165) is 12.8 Å². The van der Waals surface area contributed by atoms with E-state index in [9.17, 15) is 19.1 Å². The fraction of sp³-hybridized carbons (Fsp3) is 0.333. The zero-order chi connectivity index (χ0) is 24.6. The van der Waals surface area contributed by atoms with Crippen molar-refractivity contribution in [1.29, 1.82) is 0 Å². The quantitative estimate of drug-likeness (QED) is 0.343. The molecule has 2 fully saturated rings. The van der Waals surface area contributed by atoms with E-state index in [1.165, 1.54) is 49.5 Å². The first kappa shape index (κ1) is 24.3. The number of rotatable bonds is 6. The lowest BCUT2D eigenvalue weighted by molar-refractivity contribution is -0.140. The van der Waals surface area contributed by atoms with Crippen LogP contribution in [0.3, 0.4) is 0 Å². The summed E-state index contributed by atoms with van der Waals surface area (Å²) in [6.45, 7) is 0.709. The number of hydrogen-bond acceptors (Lipinski definition) is 6. The van der Waals surface area contributed by atoms with Crippen LogP contribution in [0.2, 0.25) is 10.0 Å². The van der Waals surface area contributed by atoms with Gasteiger partial charge >= 0.3 is 0 Å². The Hall–Kier alpha value is -2.81. The van der Waals surface area contributed by atoms with Gasteiger partial charge in [-0.25, -0.2) is 4.39 Å². The average molecular weight is 510 g/mol. The van der Waals surface area contributed by atoms with Gasteiger partial charge in [-0.1, -0.05) is 35.3 Å². The summed E-state index contributed by atoms with van der Waals surface area (Å²) >= 11 is 12.6. The van der Waals surface area contributed by atoms with Gasteiger partial charge in [-0.05, 0) is 36.6 Å². The fourth-order valence-electron chi connectivity index (χ4n) is 4.36. The standard InChI is InChI=1S/C24H22Cl2FNO6/c1-32-22-15(10-16(25)23(33-2)18(22)26)20(29)17-19(12-5-7-13(27)8-6-12)28(24(31)21(17)30)11-14-4-3-9-34-14/h5-8,10,14,19,29H,3-4,9,11H2,1-2H3/b20-17+. The molecule has 0 bridgehead atoms. The highest BCUT2D eigenvalue weighted by Crippen LogP contribution is 2.47. The van der Waals surface area contributed by atoms with Gasteiger partial charge < -0.3 is 24.2 Å². The minimum Gasteiger partial charge on any atom is -0.507 e. The number of nitrogens with zero attached hydrogens (tertiary/aromatic N) is 1. The molecule has 2 atom stereocenters. The summed E-state index contributed by atoms with van der Waals surface area (Å²) in [6, 6.07) is 5.75. The number of hydrogen-bond donors (Lipinski definition) is 1. The molecular formula is C24H22Cl2FNO6. The van der Waals surface area contributed by atoms with E-state index in [4.69, 9.17) is 37.4 Å². The van der Waals surface area contributed by atoms with Gasteiger partial charge in [-0.2, -0.15) is 0 Å². The SMILES string of the molecule is COc1c(Cl)cc(/C(O)=C2\C(=O)C(=O)N(CC3CCCO3)C2c2ccc(F)cc2)c(OC)c1Cl. The molecule has 7 nitrogen and oxygen atoms in total. The van der Waals surface area contributed by atoms with Crippen molar-refractivity contribution < 1.29 is 33.3 Å². The molecule has 2 heterocycles. The van der Waals surface area contributed by atoms with E-state index in [1.54, 1.807) is 0 Å². The van der Waals surface area contributed by atoms with Crippen molar-refractivity contribution in [2.45, 2.75) is 25.0 Å². The highest BCUT2D eigenvalue weighted by Gasteiger charge is 2.47. The van der Waals surface area contributed by atoms with E-state index in [2.05, 4.69) is 0 Å². The molecule has 4 rings (SSSR count). The van der Waals surface area contributed by atoms with E-state index in [0.29, 0.717) is 12.2 Å². The molecule has 1 amide bonds. The Balaban J connectivity index is 1.91. The van der Waals surface area contributed by atoms with Crippen molar-refractivity contribution in [3.8, 4) is 11.5 Å². The summed E-state index contributed by atoms with van der Waals surface area (Å²) in [6.07, 6.45) is 1.33. The van der Waals surface area contributed by atoms with Crippen molar-refractivity contribution in [1.82, 2.24) is 4.90 Å². The third-order valence-electron chi connectivity index (χ3n) is 5.94. The number of ether oxygens (including phenoxy) is 3. The number of halogens is 3. The Labute approximate surface area is 205 Å². The predicted octanol–water partition coefficient (Wildman–Crippen LogP) is 4.75. The summed E-state index contributed by atoms with van der Waals surface area (Å²) in [7, 11) is 2.70. The van der Waals surface area contributed by atoms with Gasteiger partial charge in [0.25, 0.3) is 11.7 Å². The molecule has 0 radical (unpaired) electrons. The van der Waals surface area contributed by atoms with Gasteiger partial charge in [0.2, 0.25) is 0 Å². The van der Waals surface area contributed by atoms with Crippen LogP contribution in [0, 0.1) is 5.82 Å². The number of likely N-dealkylation sites (tertiary alicyclic amines) is 1. The summed E-state index contributed by atoms with van der Waals surface area (Å²) < 4.78 is 29.9. The Morgan fingerprint density at radius 2 is 1.85 bits per heavy atom. The monoisotopic (exact) mass is 509 g/mol. The third kappa shape index (κ3) is 4.21. The second kappa shape index (κ2) is 9.82. The molecule has 2 aromatic carbocycles. The van der Waals surface area contributed by atoms with Crippen molar-refractivity contribution >= 4 is 40.7 Å². The molecule has 2 aliphatic rings. The average Bonchev–Trinajstić information content (AvgIpc) is 3.42. The second-order valence-corrected chi connectivity index (χ2v) is 8.71. The topological polar surface area (TPSA) is 85.3 Å². The van der Waals surface area contributed by atoms with Crippen LogP contribution in [0.4, 0.5) is 4.39 Å². The number of benzene rings is 2. The lowest BCUT2D eigenvalue weighted by atomic mass is 9.94. The molecule has 0 saturated carbocycles. The van der Waals surface area contributed by atoms with Crippen molar-refractivity contribution in [2.75, 3.05) is 27.4 Å². The van der Waals surface area contributed by atoms with Crippen LogP contribution in [0.15, 0.2) is 35.9 Å². The molecule has 1 N–H and O–H groups in total. The van der Waals surface area contributed by atoms with Gasteiger partial charge in [-0.3, -0.25) is 9.59 Å². The zero-order valence-electron chi connectivity index (χ0n) is 18.4. The van der Waals surface area contributed by atoms with Crippen LogP contribution < -0.4 is 9.47 Å². The second-order valence-electron chi connectivity index (χ2n) is 7.92. The number of carbonyl (C=O) groups excluding carboxylic acids is 2. The Morgan fingerprint density at radius 3 is 2.44 bits per heavy atom. The van der Waals surface area contributed by atoms with Gasteiger partial charge in [0.15, 0.2) is 11.5 Å². The number of aliphatic hydroxyl groups excluding tert-OH is 1. The van der Waals surface area contributed by atoms with Crippen LogP contribution in [-0.2, 0) is 14.3 Å². The first-order valence-electron chi connectivity index (χ1n) is 10.5. The number of methoxy groups -OCH3 is 2. The van der Waals surface area contributed by atoms with E-state index in [-0.39, 0.29) is 45.3 Å². The van der Waals surface area contributed by atoms with Crippen LogP contribution in [0.1, 0.15) is 30.0 Å². The lowest BCUT2D eigenvalue weighted by Gasteiger charge is -2.27. The van der Waals surface area contributed by atoms with Gasteiger partial charge in [0.1, 0.15) is 16.6 Å². The maximum Gasteiger partial charge on any atom is 0.295 e. The minimum absolute atomic E-state index is 0.00836. The predicted molar refractivity (Wildman–Crippen MR) is 124 cm³/mol. The normalized spacial score (nSPS) is 21.9. The Bertz CT molecular complexity index is 1160. The third-order valence-corrected chi connectivity index (χ3v) is 6.57. The number of Topliss-reactive ketones (excluding diaryl/α,β-unsaturated/α-hetero) is 1. The molecule has 2 aliphatic heterocycles. The maximum absolute atomic E-state index is 13.6. The van der Waals surface area contributed by atoms with Gasteiger partial charge in [-0.15, -0.1) is 0 Å². The zero-order valence-corrected chi connectivity index (χ0v) is 20.0. The minimum atomic E-state index is -0.978. The van der Waals surface area contributed by atoms with Crippen LogP contribution >= 0.6 is 23.2 Å². The Kier molecular flexibility index (Phi) is 7.02. The number of amides is 1. The molecule has 0 aliphatic carbocycles. The number of ketones is 1.